The highest BCUT2D eigenvalue weighted by Gasteiger charge is 2.24. The summed E-state index contributed by atoms with van der Waals surface area (Å²) in [5.74, 6) is 0. The Morgan fingerprint density at radius 2 is 0.840 bits per heavy atom. The van der Waals surface area contributed by atoms with Crippen LogP contribution >= 0.6 is 22.7 Å². The molecule has 0 amide bonds. The van der Waals surface area contributed by atoms with Crippen LogP contribution in [0.15, 0.2) is 273 Å². The minimum Gasteiger partial charge on any atom is -0.310 e. The van der Waals surface area contributed by atoms with E-state index in [2.05, 4.69) is 287 Å². The molecule has 0 aliphatic heterocycles. The van der Waals surface area contributed by atoms with Crippen LogP contribution < -0.4 is 9.80 Å². The van der Waals surface area contributed by atoms with E-state index < -0.39 is 0 Å². The predicted octanol–water partition coefficient (Wildman–Crippen LogP) is 20.9. The molecular weight excluding hydrogens is 947 g/mol. The van der Waals surface area contributed by atoms with E-state index in [-0.39, 0.29) is 0 Å². The number of thiophene rings is 2. The van der Waals surface area contributed by atoms with Crippen molar-refractivity contribution in [1.29, 1.82) is 0 Å². The molecule has 0 spiro atoms. The van der Waals surface area contributed by atoms with Gasteiger partial charge in [0.25, 0.3) is 0 Å². The number of hydrogen-bond acceptors (Lipinski definition) is 4. The average molecular weight is 992 g/mol. The zero-order valence-corrected chi connectivity index (χ0v) is 42.3. The Morgan fingerprint density at radius 3 is 1.67 bits per heavy atom. The Kier molecular flexibility index (Phi) is 10.3. The third-order valence-electron chi connectivity index (χ3n) is 14.9. The van der Waals surface area contributed by atoms with E-state index in [9.17, 15) is 0 Å². The quantitative estimate of drug-likeness (QED) is 0.143. The minimum atomic E-state index is 1.05. The van der Waals surface area contributed by atoms with Gasteiger partial charge >= 0.3 is 0 Å². The summed E-state index contributed by atoms with van der Waals surface area (Å²) in [6.45, 7) is 0. The molecule has 0 fully saturated rings. The number of anilines is 6. The normalized spacial score (nSPS) is 11.7. The molecule has 15 aromatic rings. The molecule has 0 atom stereocenters. The smallest absolute Gasteiger partial charge is 0.0561 e. The Balaban J connectivity index is 0.936. The first-order chi connectivity index (χ1) is 37.2. The number of benzene rings is 12. The topological polar surface area (TPSA) is 11.4 Å². The van der Waals surface area contributed by atoms with Crippen molar-refractivity contribution in [2.45, 2.75) is 0 Å². The van der Waals surface area contributed by atoms with Crippen LogP contribution in [0, 0.1) is 0 Å². The lowest BCUT2D eigenvalue weighted by atomic mass is 9.99. The fourth-order valence-electron chi connectivity index (χ4n) is 11.5. The monoisotopic (exact) mass is 991 g/mol. The molecule has 3 aromatic heterocycles. The number of aromatic nitrogens is 1. The second kappa shape index (κ2) is 17.7. The van der Waals surface area contributed by atoms with E-state index in [0.29, 0.717) is 0 Å². The van der Waals surface area contributed by atoms with Crippen molar-refractivity contribution in [3.63, 3.8) is 0 Å². The van der Waals surface area contributed by atoms with Gasteiger partial charge in [0.15, 0.2) is 0 Å². The molecule has 0 bridgehead atoms. The first-order valence-corrected chi connectivity index (χ1v) is 27.1. The van der Waals surface area contributed by atoms with Gasteiger partial charge in [-0.25, -0.2) is 0 Å². The Bertz CT molecular complexity index is 4650. The van der Waals surface area contributed by atoms with E-state index >= 15 is 0 Å². The number of fused-ring (bicyclic) bond motifs is 11. The zero-order valence-electron chi connectivity index (χ0n) is 40.6. The van der Waals surface area contributed by atoms with Crippen molar-refractivity contribution in [1.82, 2.24) is 4.57 Å². The molecule has 12 aromatic carbocycles. The van der Waals surface area contributed by atoms with Crippen LogP contribution in [0.4, 0.5) is 34.1 Å². The van der Waals surface area contributed by atoms with Crippen molar-refractivity contribution in [2.24, 2.45) is 0 Å². The standard InChI is InChI=1S/C70H45N3S2/c1-4-17-46(18-5-1)47-31-35-53(36-32-47)72(65-42-50-19-10-11-26-57(50)70-69(65)61-38-33-49(43-68(61)75-70)48-34-40-67-62(41-48)60-28-13-15-30-66(60)74-67)55-25-16-24-54(44-55)71(51-20-6-2-7-21-51)56-37-39-59-58-27-12-14-29-63(58)73(64(59)45-56)52-22-8-3-9-23-52/h1-45H. The molecule has 352 valence electrons. The largest absolute Gasteiger partial charge is 0.310 e. The third kappa shape index (κ3) is 7.31. The molecule has 0 radical (unpaired) electrons. The van der Waals surface area contributed by atoms with Crippen LogP contribution in [0.25, 0.3) is 101 Å². The van der Waals surface area contributed by atoms with Gasteiger partial charge < -0.3 is 14.4 Å². The number of nitrogens with zero attached hydrogens (tertiary/aromatic N) is 3. The van der Waals surface area contributed by atoms with Gasteiger partial charge in [0.05, 0.1) is 16.7 Å². The molecule has 0 N–H and O–H groups in total. The second-order valence-electron chi connectivity index (χ2n) is 19.3. The van der Waals surface area contributed by atoms with E-state index in [1.807, 2.05) is 22.7 Å². The van der Waals surface area contributed by atoms with Gasteiger partial charge in [0.2, 0.25) is 0 Å². The summed E-state index contributed by atoms with van der Waals surface area (Å²) in [7, 11) is 0. The predicted molar refractivity (Wildman–Crippen MR) is 324 cm³/mol. The molecule has 3 heterocycles. The summed E-state index contributed by atoms with van der Waals surface area (Å²) in [5, 5.41) is 10.0. The molecule has 0 aliphatic rings. The first kappa shape index (κ1) is 43.3. The summed E-state index contributed by atoms with van der Waals surface area (Å²) >= 11 is 3.77. The van der Waals surface area contributed by atoms with Gasteiger partial charge in [-0.1, -0.05) is 170 Å². The Labute approximate surface area is 442 Å². The fraction of sp³-hybridized carbons (Fsp3) is 0. The molecule has 75 heavy (non-hydrogen) atoms. The molecule has 0 aliphatic carbocycles. The molecular formula is C70H45N3S2. The van der Waals surface area contributed by atoms with Gasteiger partial charge in [0, 0.05) is 85.2 Å². The molecule has 3 nitrogen and oxygen atoms in total. The van der Waals surface area contributed by atoms with Gasteiger partial charge in [-0.2, -0.15) is 0 Å². The van der Waals surface area contributed by atoms with Crippen molar-refractivity contribution in [3.05, 3.63) is 273 Å². The zero-order chi connectivity index (χ0) is 49.4. The van der Waals surface area contributed by atoms with E-state index in [4.69, 9.17) is 0 Å². The second-order valence-corrected chi connectivity index (χ2v) is 21.4. The van der Waals surface area contributed by atoms with Crippen LogP contribution in [-0.4, -0.2) is 4.57 Å². The van der Waals surface area contributed by atoms with Crippen molar-refractivity contribution in [3.8, 4) is 27.9 Å². The highest BCUT2D eigenvalue weighted by atomic mass is 32.1. The molecule has 0 saturated carbocycles. The van der Waals surface area contributed by atoms with Crippen LogP contribution in [0.5, 0.6) is 0 Å². The summed E-state index contributed by atoms with van der Waals surface area (Å²) in [4.78, 5) is 4.89. The lowest BCUT2D eigenvalue weighted by Crippen LogP contribution is -2.13. The summed E-state index contributed by atoms with van der Waals surface area (Å²) < 4.78 is 7.59. The first-order valence-electron chi connectivity index (χ1n) is 25.5. The van der Waals surface area contributed by atoms with Crippen molar-refractivity contribution < 1.29 is 0 Å². The average Bonchev–Trinajstić information content (AvgIpc) is 4.21. The Morgan fingerprint density at radius 1 is 0.280 bits per heavy atom. The summed E-state index contributed by atoms with van der Waals surface area (Å²) in [6.07, 6.45) is 0. The lowest BCUT2D eigenvalue weighted by Gasteiger charge is -2.30. The van der Waals surface area contributed by atoms with Crippen LogP contribution in [0.1, 0.15) is 0 Å². The van der Waals surface area contributed by atoms with Crippen LogP contribution in [0.2, 0.25) is 0 Å². The maximum atomic E-state index is 2.49. The number of rotatable bonds is 9. The van der Waals surface area contributed by atoms with E-state index in [1.54, 1.807) is 0 Å². The fourth-order valence-corrected chi connectivity index (χ4v) is 13.8. The van der Waals surface area contributed by atoms with Crippen molar-refractivity contribution in [2.75, 3.05) is 9.80 Å². The van der Waals surface area contributed by atoms with Crippen molar-refractivity contribution >= 4 is 130 Å². The summed E-state index contributed by atoms with van der Waals surface area (Å²) in [5.41, 5.74) is 14.8. The third-order valence-corrected chi connectivity index (χ3v) is 17.3. The van der Waals surface area contributed by atoms with E-state index in [0.717, 1.165) is 45.3 Å². The maximum absolute atomic E-state index is 2.49. The minimum absolute atomic E-state index is 1.05. The van der Waals surface area contributed by atoms with Gasteiger partial charge in [0.1, 0.15) is 0 Å². The Hall–Kier alpha value is -9.26. The van der Waals surface area contributed by atoms with Gasteiger partial charge in [-0.3, -0.25) is 0 Å². The van der Waals surface area contributed by atoms with Gasteiger partial charge in [-0.05, 0) is 136 Å². The highest BCUT2D eigenvalue weighted by molar-refractivity contribution is 7.27. The molecule has 15 rings (SSSR count). The van der Waals surface area contributed by atoms with Crippen LogP contribution in [-0.2, 0) is 0 Å². The molecule has 5 heteroatoms. The lowest BCUT2D eigenvalue weighted by molar-refractivity contribution is 1.18. The van der Waals surface area contributed by atoms with Crippen LogP contribution in [0.3, 0.4) is 0 Å². The molecule has 0 unspecified atom stereocenters. The molecule has 0 saturated heterocycles. The summed E-state index contributed by atoms with van der Waals surface area (Å²) in [6, 6.07) is 100. The highest BCUT2D eigenvalue weighted by Crippen LogP contribution is 2.50. The number of para-hydroxylation sites is 3. The van der Waals surface area contributed by atoms with E-state index in [1.165, 1.54) is 89.7 Å². The number of hydrogen-bond donors (Lipinski definition) is 0. The van der Waals surface area contributed by atoms with Gasteiger partial charge in [-0.15, -0.1) is 22.7 Å². The maximum Gasteiger partial charge on any atom is 0.0561 e. The SMILES string of the molecule is c1ccc(-c2ccc(N(c3cccc(N(c4ccccc4)c4ccc5c6ccccc6n(-c6ccccc6)c5c4)c3)c3cc4ccccc4c4sc5cc(-c6ccc7sc8ccccc8c7c6)ccc5c34)cc2)cc1.